The number of aromatic carboxylic acids is 1. The minimum absolute atomic E-state index is 0.0470. The number of carboxylic acid groups (broad SMARTS) is 1. The van der Waals surface area contributed by atoms with Crippen molar-refractivity contribution >= 4 is 22.6 Å². The number of hydrogen-bond acceptors (Lipinski definition) is 5. The molecule has 1 aliphatic carbocycles. The highest BCUT2D eigenvalue weighted by Crippen LogP contribution is 2.37. The molecule has 2 aliphatic rings. The van der Waals surface area contributed by atoms with Gasteiger partial charge in [0, 0.05) is 31.4 Å². The van der Waals surface area contributed by atoms with Crippen LogP contribution in [-0.2, 0) is 0 Å². The van der Waals surface area contributed by atoms with Gasteiger partial charge in [-0.15, -0.1) is 0 Å². The number of aromatic amines is 1. The van der Waals surface area contributed by atoms with E-state index in [1.807, 2.05) is 18.7 Å². The number of nitrogens with zero attached hydrogens (tertiary/aromatic N) is 1. The molecule has 3 N–H and O–H groups in total. The molecule has 1 saturated carbocycles. The number of carbonyl (C=O) groups is 1. The molecular formula is C20H26FN3O4. The normalized spacial score (nSPS) is 21.1. The molecule has 1 saturated heterocycles. The van der Waals surface area contributed by atoms with E-state index >= 15 is 0 Å². The molecule has 7 nitrogen and oxygen atoms in total. The van der Waals surface area contributed by atoms with Gasteiger partial charge in [-0.2, -0.15) is 0 Å². The monoisotopic (exact) mass is 391 g/mol. The largest absolute Gasteiger partial charge is 0.492 e. The standard InChI is InChI=1S/C17H20FN3O4.C3H6/c1-8-6-21(7-9(2)20-8)14-12(18)4-10-13(16(14)25-3)19-5-11(15(10)22)17(23)24;1-2-3-1/h4-5,8-9,20H,6-7H2,1-3H3,(H,19,22)(H,23,24);1-3H2. The molecule has 8 heteroatoms. The van der Waals surface area contributed by atoms with Crippen LogP contribution in [0.1, 0.15) is 43.5 Å². The Morgan fingerprint density at radius 2 is 1.86 bits per heavy atom. The number of piperazine rings is 1. The van der Waals surface area contributed by atoms with Crippen molar-refractivity contribution in [1.82, 2.24) is 10.3 Å². The van der Waals surface area contributed by atoms with Crippen molar-refractivity contribution in [3.05, 3.63) is 33.9 Å². The quantitative estimate of drug-likeness (QED) is 0.745. The first-order chi connectivity index (χ1) is 13.3. The van der Waals surface area contributed by atoms with Crippen molar-refractivity contribution < 1.29 is 19.0 Å². The fourth-order valence-corrected chi connectivity index (χ4v) is 3.46. The van der Waals surface area contributed by atoms with E-state index < -0.39 is 22.8 Å². The number of benzene rings is 1. The molecule has 2 fully saturated rings. The minimum Gasteiger partial charge on any atom is -0.492 e. The fraction of sp³-hybridized carbons (Fsp3) is 0.500. The number of aromatic nitrogens is 1. The number of anilines is 1. The third kappa shape index (κ3) is 4.11. The first-order valence-corrected chi connectivity index (χ1v) is 9.49. The molecule has 4 rings (SSSR count). The maximum atomic E-state index is 14.9. The van der Waals surface area contributed by atoms with Gasteiger partial charge in [0.2, 0.25) is 5.43 Å². The van der Waals surface area contributed by atoms with Crippen molar-refractivity contribution in [2.45, 2.75) is 45.2 Å². The summed E-state index contributed by atoms with van der Waals surface area (Å²) >= 11 is 0. The Hall–Kier alpha value is -2.61. The van der Waals surface area contributed by atoms with Crippen LogP contribution in [0.25, 0.3) is 10.9 Å². The SMILES string of the molecule is C1CC1.COc1c(N2CC(C)NC(C)C2)c(F)cc2c(=O)c(C(=O)O)c[nH]c12. The summed E-state index contributed by atoms with van der Waals surface area (Å²) < 4.78 is 20.3. The number of pyridine rings is 1. The second kappa shape index (κ2) is 8.18. The molecule has 2 unspecified atom stereocenters. The van der Waals surface area contributed by atoms with Crippen molar-refractivity contribution in [2.24, 2.45) is 0 Å². The van der Waals surface area contributed by atoms with Crippen LogP contribution in [0.2, 0.25) is 0 Å². The van der Waals surface area contributed by atoms with E-state index in [0.717, 1.165) is 12.3 Å². The van der Waals surface area contributed by atoms with E-state index in [1.54, 1.807) is 0 Å². The summed E-state index contributed by atoms with van der Waals surface area (Å²) in [5.41, 5.74) is -0.625. The minimum atomic E-state index is -1.36. The summed E-state index contributed by atoms with van der Waals surface area (Å²) in [4.78, 5) is 28.1. The maximum absolute atomic E-state index is 14.9. The highest BCUT2D eigenvalue weighted by atomic mass is 19.1. The predicted molar refractivity (Wildman–Crippen MR) is 106 cm³/mol. The average molecular weight is 391 g/mol. The van der Waals surface area contributed by atoms with Gasteiger partial charge < -0.3 is 25.0 Å². The summed E-state index contributed by atoms with van der Waals surface area (Å²) in [5.74, 6) is -1.78. The van der Waals surface area contributed by atoms with E-state index in [-0.39, 0.29) is 34.4 Å². The summed E-state index contributed by atoms with van der Waals surface area (Å²) in [5, 5.41) is 12.4. The van der Waals surface area contributed by atoms with E-state index in [9.17, 15) is 14.0 Å². The zero-order chi connectivity index (χ0) is 20.4. The number of carboxylic acids is 1. The Bertz CT molecular complexity index is 928. The fourth-order valence-electron chi connectivity index (χ4n) is 3.46. The highest BCUT2D eigenvalue weighted by Gasteiger charge is 2.28. The van der Waals surface area contributed by atoms with E-state index in [1.165, 1.54) is 26.4 Å². The lowest BCUT2D eigenvalue weighted by Gasteiger charge is -2.38. The van der Waals surface area contributed by atoms with Crippen LogP contribution in [0, 0.1) is 5.82 Å². The third-order valence-corrected chi connectivity index (χ3v) is 4.72. The van der Waals surface area contributed by atoms with Gasteiger partial charge in [0.05, 0.1) is 18.0 Å². The second-order valence-corrected chi connectivity index (χ2v) is 7.43. The van der Waals surface area contributed by atoms with Crippen LogP contribution in [-0.4, -0.2) is 48.3 Å². The zero-order valence-electron chi connectivity index (χ0n) is 16.3. The van der Waals surface area contributed by atoms with Crippen molar-refractivity contribution in [3.8, 4) is 5.75 Å². The van der Waals surface area contributed by atoms with E-state index in [4.69, 9.17) is 9.84 Å². The maximum Gasteiger partial charge on any atom is 0.341 e. The Labute approximate surface area is 162 Å². The number of rotatable bonds is 3. The van der Waals surface area contributed by atoms with Gasteiger partial charge in [0.1, 0.15) is 11.3 Å². The summed E-state index contributed by atoms with van der Waals surface area (Å²) in [6.07, 6.45) is 5.61. The molecule has 1 aliphatic heterocycles. The lowest BCUT2D eigenvalue weighted by molar-refractivity contribution is 0.0695. The van der Waals surface area contributed by atoms with E-state index in [0.29, 0.717) is 13.1 Å². The molecule has 0 radical (unpaired) electrons. The Morgan fingerprint density at radius 1 is 1.25 bits per heavy atom. The summed E-state index contributed by atoms with van der Waals surface area (Å²) in [6, 6.07) is 1.41. The van der Waals surface area contributed by atoms with Gasteiger partial charge >= 0.3 is 5.97 Å². The van der Waals surface area contributed by atoms with Gasteiger partial charge in [0.25, 0.3) is 0 Å². The molecule has 2 atom stereocenters. The molecule has 1 aromatic carbocycles. The number of hydrogen-bond donors (Lipinski definition) is 3. The smallest absolute Gasteiger partial charge is 0.341 e. The lowest BCUT2D eigenvalue weighted by atomic mass is 10.1. The molecule has 0 amide bonds. The predicted octanol–water partition coefficient (Wildman–Crippen LogP) is 2.73. The molecule has 0 bridgehead atoms. The van der Waals surface area contributed by atoms with Crippen molar-refractivity contribution in [2.75, 3.05) is 25.1 Å². The van der Waals surface area contributed by atoms with E-state index in [2.05, 4.69) is 10.3 Å². The molecule has 1 aromatic heterocycles. The topological polar surface area (TPSA) is 94.7 Å². The number of ether oxygens (including phenoxy) is 1. The van der Waals surface area contributed by atoms with Gasteiger partial charge in [-0.3, -0.25) is 4.79 Å². The van der Waals surface area contributed by atoms with Gasteiger partial charge in [-0.05, 0) is 19.9 Å². The van der Waals surface area contributed by atoms with Gasteiger partial charge in [0.15, 0.2) is 11.6 Å². The summed E-state index contributed by atoms with van der Waals surface area (Å²) in [6.45, 7) is 5.19. The lowest BCUT2D eigenvalue weighted by Crippen LogP contribution is -2.54. The van der Waals surface area contributed by atoms with Crippen LogP contribution < -0.4 is 20.4 Å². The second-order valence-electron chi connectivity index (χ2n) is 7.43. The Kier molecular flexibility index (Phi) is 5.88. The van der Waals surface area contributed by atoms with Crippen LogP contribution in [0.3, 0.4) is 0 Å². The first-order valence-electron chi connectivity index (χ1n) is 9.49. The van der Waals surface area contributed by atoms with Crippen LogP contribution in [0.5, 0.6) is 5.75 Å². The summed E-state index contributed by atoms with van der Waals surface area (Å²) in [7, 11) is 1.40. The van der Waals surface area contributed by atoms with Crippen molar-refractivity contribution in [1.29, 1.82) is 0 Å². The molecular weight excluding hydrogens is 365 g/mol. The van der Waals surface area contributed by atoms with Crippen LogP contribution >= 0.6 is 0 Å². The molecule has 2 aromatic rings. The number of halogens is 1. The number of methoxy groups -OCH3 is 1. The molecule has 152 valence electrons. The average Bonchev–Trinajstić information content (AvgIpc) is 3.49. The van der Waals surface area contributed by atoms with Crippen LogP contribution in [0.15, 0.2) is 17.1 Å². The highest BCUT2D eigenvalue weighted by molar-refractivity contribution is 5.96. The molecule has 2 heterocycles. The number of nitrogens with one attached hydrogen (secondary N) is 2. The zero-order valence-corrected chi connectivity index (χ0v) is 16.3. The van der Waals surface area contributed by atoms with Gasteiger partial charge in [-0.25, -0.2) is 9.18 Å². The number of H-pyrrole nitrogens is 1. The van der Waals surface area contributed by atoms with Gasteiger partial charge in [-0.1, -0.05) is 19.3 Å². The Morgan fingerprint density at radius 3 is 2.36 bits per heavy atom. The molecule has 0 spiro atoms. The van der Waals surface area contributed by atoms with Crippen molar-refractivity contribution in [3.63, 3.8) is 0 Å². The van der Waals surface area contributed by atoms with Crippen LogP contribution in [0.4, 0.5) is 10.1 Å². The first kappa shape index (κ1) is 20.1. The third-order valence-electron chi connectivity index (χ3n) is 4.72. The molecule has 28 heavy (non-hydrogen) atoms. The Balaban J connectivity index is 0.000000684. The number of fused-ring (bicyclic) bond motifs is 1.